The van der Waals surface area contributed by atoms with E-state index in [1.165, 1.54) is 6.20 Å². The molecule has 0 saturated heterocycles. The average molecular weight is 333 g/mol. The highest BCUT2D eigenvalue weighted by Crippen LogP contribution is 2.30. The lowest BCUT2D eigenvalue weighted by Gasteiger charge is -2.09. The largest absolute Gasteiger partial charge is 0.360 e. The van der Waals surface area contributed by atoms with Crippen LogP contribution in [-0.4, -0.2) is 10.9 Å². The van der Waals surface area contributed by atoms with E-state index in [0.29, 0.717) is 20.9 Å². The zero-order chi connectivity index (χ0) is 15.7. The first-order valence-corrected chi connectivity index (χ1v) is 7.19. The van der Waals surface area contributed by atoms with Crippen molar-refractivity contribution in [2.45, 2.75) is 0 Å². The molecule has 3 rings (SSSR count). The standard InChI is InChI=1S/C16H10Cl2N2O2/c17-11-5-3-6-12(18)14(11)20-16(22)10-8-19-13-7-2-1-4-9(13)15(10)21/h1-8H,(H,19,21)(H,20,22). The summed E-state index contributed by atoms with van der Waals surface area (Å²) in [6.07, 6.45) is 1.38. The van der Waals surface area contributed by atoms with Crippen LogP contribution in [0.2, 0.25) is 10.0 Å². The summed E-state index contributed by atoms with van der Waals surface area (Å²) in [6, 6.07) is 11.9. The van der Waals surface area contributed by atoms with Gasteiger partial charge in [-0.2, -0.15) is 0 Å². The van der Waals surface area contributed by atoms with Crippen molar-refractivity contribution in [3.8, 4) is 0 Å². The number of halogens is 2. The highest BCUT2D eigenvalue weighted by molar-refractivity contribution is 6.40. The smallest absolute Gasteiger partial charge is 0.261 e. The van der Waals surface area contributed by atoms with Crippen molar-refractivity contribution >= 4 is 45.7 Å². The molecule has 0 spiro atoms. The quantitative estimate of drug-likeness (QED) is 0.742. The number of nitrogens with one attached hydrogen (secondary N) is 2. The van der Waals surface area contributed by atoms with E-state index in [0.717, 1.165) is 0 Å². The fourth-order valence-corrected chi connectivity index (χ4v) is 2.63. The summed E-state index contributed by atoms with van der Waals surface area (Å²) in [5, 5.41) is 3.63. The van der Waals surface area contributed by atoms with E-state index in [2.05, 4.69) is 10.3 Å². The topological polar surface area (TPSA) is 62.0 Å². The molecule has 0 aliphatic heterocycles. The number of pyridine rings is 1. The van der Waals surface area contributed by atoms with Crippen molar-refractivity contribution < 1.29 is 4.79 Å². The van der Waals surface area contributed by atoms with Crippen molar-refractivity contribution in [3.05, 3.63) is 74.5 Å². The van der Waals surface area contributed by atoms with E-state index in [4.69, 9.17) is 23.2 Å². The molecule has 0 aliphatic rings. The van der Waals surface area contributed by atoms with Gasteiger partial charge in [0.05, 0.1) is 15.7 Å². The van der Waals surface area contributed by atoms with Crippen molar-refractivity contribution in [1.82, 2.24) is 4.98 Å². The molecular formula is C16H10Cl2N2O2. The number of carbonyl (C=O) groups excluding carboxylic acids is 1. The van der Waals surface area contributed by atoms with Crippen LogP contribution in [0.15, 0.2) is 53.5 Å². The van der Waals surface area contributed by atoms with Gasteiger partial charge in [-0.1, -0.05) is 41.4 Å². The number of aromatic amines is 1. The Labute approximate surface area is 135 Å². The van der Waals surface area contributed by atoms with Crippen molar-refractivity contribution in [3.63, 3.8) is 0 Å². The maximum atomic E-state index is 12.4. The number of amides is 1. The fourth-order valence-electron chi connectivity index (χ4n) is 2.13. The summed E-state index contributed by atoms with van der Waals surface area (Å²) < 4.78 is 0. The van der Waals surface area contributed by atoms with Gasteiger partial charge in [-0.05, 0) is 24.3 Å². The number of hydrogen-bond donors (Lipinski definition) is 2. The van der Waals surface area contributed by atoms with Crippen LogP contribution >= 0.6 is 23.2 Å². The molecule has 4 nitrogen and oxygen atoms in total. The van der Waals surface area contributed by atoms with E-state index < -0.39 is 5.91 Å². The van der Waals surface area contributed by atoms with Gasteiger partial charge in [0.25, 0.3) is 5.91 Å². The number of H-pyrrole nitrogens is 1. The number of para-hydroxylation sites is 2. The third-order valence-electron chi connectivity index (χ3n) is 3.23. The van der Waals surface area contributed by atoms with Crippen LogP contribution in [0.25, 0.3) is 10.9 Å². The lowest BCUT2D eigenvalue weighted by Crippen LogP contribution is -2.22. The molecular weight excluding hydrogens is 323 g/mol. The van der Waals surface area contributed by atoms with E-state index >= 15 is 0 Å². The predicted octanol–water partition coefficient (Wildman–Crippen LogP) is 4.09. The van der Waals surface area contributed by atoms with Crippen LogP contribution in [-0.2, 0) is 0 Å². The van der Waals surface area contributed by atoms with Crippen LogP contribution in [0.3, 0.4) is 0 Å². The molecule has 0 saturated carbocycles. The van der Waals surface area contributed by atoms with Crippen LogP contribution in [0.5, 0.6) is 0 Å². The highest BCUT2D eigenvalue weighted by atomic mass is 35.5. The summed E-state index contributed by atoms with van der Waals surface area (Å²) >= 11 is 12.0. The Morgan fingerprint density at radius 3 is 2.41 bits per heavy atom. The van der Waals surface area contributed by atoms with E-state index in [1.807, 2.05) is 6.07 Å². The van der Waals surface area contributed by atoms with Gasteiger partial charge < -0.3 is 10.3 Å². The first-order valence-electron chi connectivity index (χ1n) is 6.43. The van der Waals surface area contributed by atoms with Crippen LogP contribution < -0.4 is 10.7 Å². The van der Waals surface area contributed by atoms with Gasteiger partial charge >= 0.3 is 0 Å². The molecule has 3 aromatic rings. The zero-order valence-corrected chi connectivity index (χ0v) is 12.7. The monoisotopic (exact) mass is 332 g/mol. The Bertz CT molecular complexity index is 915. The minimum atomic E-state index is -0.568. The summed E-state index contributed by atoms with van der Waals surface area (Å²) in [5.41, 5.74) is 0.591. The Morgan fingerprint density at radius 2 is 1.68 bits per heavy atom. The first kappa shape index (κ1) is 14.6. The molecule has 1 amide bonds. The Hall–Kier alpha value is -2.30. The maximum Gasteiger partial charge on any atom is 0.261 e. The van der Waals surface area contributed by atoms with Crippen LogP contribution in [0, 0.1) is 0 Å². The number of carbonyl (C=O) groups is 1. The molecule has 0 bridgehead atoms. The molecule has 1 aromatic heterocycles. The Kier molecular flexibility index (Phi) is 3.88. The van der Waals surface area contributed by atoms with E-state index in [1.54, 1.807) is 36.4 Å². The second-order valence-electron chi connectivity index (χ2n) is 4.63. The van der Waals surface area contributed by atoms with Crippen molar-refractivity contribution in [2.24, 2.45) is 0 Å². The molecule has 2 aromatic carbocycles. The molecule has 0 radical (unpaired) electrons. The number of hydrogen-bond acceptors (Lipinski definition) is 2. The van der Waals surface area contributed by atoms with Gasteiger partial charge in [-0.15, -0.1) is 0 Å². The number of benzene rings is 2. The van der Waals surface area contributed by atoms with Crippen molar-refractivity contribution in [2.75, 3.05) is 5.32 Å². The maximum absolute atomic E-state index is 12.4. The number of anilines is 1. The van der Waals surface area contributed by atoms with Gasteiger partial charge in [-0.25, -0.2) is 0 Å². The summed E-state index contributed by atoms with van der Waals surface area (Å²) in [6.45, 7) is 0. The van der Waals surface area contributed by atoms with Crippen LogP contribution in [0.4, 0.5) is 5.69 Å². The molecule has 0 aliphatic carbocycles. The number of rotatable bonds is 2. The van der Waals surface area contributed by atoms with Gasteiger partial charge in [0.15, 0.2) is 0 Å². The second kappa shape index (κ2) is 5.83. The molecule has 110 valence electrons. The second-order valence-corrected chi connectivity index (χ2v) is 5.44. The number of fused-ring (bicyclic) bond motifs is 1. The molecule has 1 heterocycles. The zero-order valence-electron chi connectivity index (χ0n) is 11.2. The van der Waals surface area contributed by atoms with Gasteiger partial charge in [-0.3, -0.25) is 9.59 Å². The molecule has 0 unspecified atom stereocenters. The molecule has 2 N–H and O–H groups in total. The highest BCUT2D eigenvalue weighted by Gasteiger charge is 2.15. The third-order valence-corrected chi connectivity index (χ3v) is 3.86. The summed E-state index contributed by atoms with van der Waals surface area (Å²) in [5.74, 6) is -0.568. The lowest BCUT2D eigenvalue weighted by atomic mass is 10.1. The van der Waals surface area contributed by atoms with Crippen molar-refractivity contribution in [1.29, 1.82) is 0 Å². The summed E-state index contributed by atoms with van der Waals surface area (Å²) in [7, 11) is 0. The molecule has 0 atom stereocenters. The van der Waals surface area contributed by atoms with Gasteiger partial charge in [0.2, 0.25) is 5.43 Å². The minimum Gasteiger partial charge on any atom is -0.360 e. The molecule has 0 fully saturated rings. The summed E-state index contributed by atoms with van der Waals surface area (Å²) in [4.78, 5) is 27.6. The minimum absolute atomic E-state index is 0.00492. The Morgan fingerprint density at radius 1 is 1.00 bits per heavy atom. The van der Waals surface area contributed by atoms with Gasteiger partial charge in [0, 0.05) is 17.1 Å². The van der Waals surface area contributed by atoms with E-state index in [-0.39, 0.29) is 16.7 Å². The average Bonchev–Trinajstić information content (AvgIpc) is 2.51. The van der Waals surface area contributed by atoms with E-state index in [9.17, 15) is 9.59 Å². The first-order chi connectivity index (χ1) is 10.6. The predicted molar refractivity (Wildman–Crippen MR) is 89.0 cm³/mol. The fraction of sp³-hybridized carbons (Fsp3) is 0. The third kappa shape index (κ3) is 2.58. The normalized spacial score (nSPS) is 10.6. The number of aromatic nitrogens is 1. The Balaban J connectivity index is 2.03. The van der Waals surface area contributed by atoms with Crippen LogP contribution in [0.1, 0.15) is 10.4 Å². The molecule has 22 heavy (non-hydrogen) atoms. The van der Waals surface area contributed by atoms with Gasteiger partial charge in [0.1, 0.15) is 5.56 Å². The molecule has 6 heteroatoms. The SMILES string of the molecule is O=C(Nc1c(Cl)cccc1Cl)c1c[nH]c2ccccc2c1=O. The lowest BCUT2D eigenvalue weighted by molar-refractivity contribution is 0.102.